The van der Waals surface area contributed by atoms with Gasteiger partial charge in [0.1, 0.15) is 0 Å². The standard InChI is InChI=1S/C17H25N3O2/c1-12-4-6-13(7-5-12)11-19-17(22)15-10-14(15)16(21)18-8-9-20(2)3/h4-7,14-15H,8-11H2,1-3H3,(H,18,21)(H,19,22). The van der Waals surface area contributed by atoms with E-state index in [0.29, 0.717) is 19.5 Å². The lowest BCUT2D eigenvalue weighted by Crippen LogP contribution is -2.34. The average Bonchev–Trinajstić information content (AvgIpc) is 3.26. The Morgan fingerprint density at radius 1 is 1.09 bits per heavy atom. The lowest BCUT2D eigenvalue weighted by atomic mass is 10.1. The van der Waals surface area contributed by atoms with Gasteiger partial charge in [-0.1, -0.05) is 29.8 Å². The molecule has 0 aliphatic heterocycles. The van der Waals surface area contributed by atoms with Crippen molar-refractivity contribution in [2.45, 2.75) is 19.9 Å². The van der Waals surface area contributed by atoms with Gasteiger partial charge in [0.15, 0.2) is 0 Å². The Bertz CT molecular complexity index is 525. The summed E-state index contributed by atoms with van der Waals surface area (Å²) in [5.41, 5.74) is 2.28. The maximum Gasteiger partial charge on any atom is 0.224 e. The summed E-state index contributed by atoms with van der Waals surface area (Å²) in [5, 5.41) is 5.79. The molecule has 1 fully saturated rings. The summed E-state index contributed by atoms with van der Waals surface area (Å²) in [5.74, 6) is -0.337. The van der Waals surface area contributed by atoms with E-state index in [1.54, 1.807) is 0 Å². The Morgan fingerprint density at radius 2 is 1.68 bits per heavy atom. The maximum atomic E-state index is 12.0. The molecule has 2 atom stereocenters. The van der Waals surface area contributed by atoms with Gasteiger partial charge in [-0.15, -0.1) is 0 Å². The number of nitrogens with one attached hydrogen (secondary N) is 2. The van der Waals surface area contributed by atoms with Crippen molar-refractivity contribution in [2.75, 3.05) is 27.2 Å². The summed E-state index contributed by atoms with van der Waals surface area (Å²) >= 11 is 0. The lowest BCUT2D eigenvalue weighted by Gasteiger charge is -2.10. The third-order valence-corrected chi connectivity index (χ3v) is 3.91. The number of hydrogen-bond donors (Lipinski definition) is 2. The van der Waals surface area contributed by atoms with Crippen LogP contribution in [0.25, 0.3) is 0 Å². The van der Waals surface area contributed by atoms with Crippen LogP contribution in [0.2, 0.25) is 0 Å². The second-order valence-corrected chi connectivity index (χ2v) is 6.25. The summed E-state index contributed by atoms with van der Waals surface area (Å²) in [6.07, 6.45) is 0.660. The van der Waals surface area contributed by atoms with Gasteiger partial charge >= 0.3 is 0 Å². The van der Waals surface area contributed by atoms with E-state index >= 15 is 0 Å². The first kappa shape index (κ1) is 16.5. The van der Waals surface area contributed by atoms with E-state index in [1.165, 1.54) is 5.56 Å². The van der Waals surface area contributed by atoms with Crippen LogP contribution in [-0.4, -0.2) is 43.9 Å². The van der Waals surface area contributed by atoms with Crippen molar-refractivity contribution in [3.63, 3.8) is 0 Å². The van der Waals surface area contributed by atoms with E-state index < -0.39 is 0 Å². The number of hydrogen-bond acceptors (Lipinski definition) is 3. The molecule has 120 valence electrons. The smallest absolute Gasteiger partial charge is 0.224 e. The van der Waals surface area contributed by atoms with Crippen LogP contribution in [0.1, 0.15) is 17.5 Å². The Labute approximate surface area is 132 Å². The first-order valence-corrected chi connectivity index (χ1v) is 7.73. The Morgan fingerprint density at radius 3 is 2.27 bits per heavy atom. The minimum Gasteiger partial charge on any atom is -0.355 e. The number of carbonyl (C=O) groups excluding carboxylic acids is 2. The van der Waals surface area contributed by atoms with Crippen molar-refractivity contribution < 1.29 is 9.59 Å². The van der Waals surface area contributed by atoms with Gasteiger partial charge in [-0.2, -0.15) is 0 Å². The number of likely N-dealkylation sites (N-methyl/N-ethyl adjacent to an activating group) is 1. The van der Waals surface area contributed by atoms with Crippen molar-refractivity contribution in [2.24, 2.45) is 11.8 Å². The molecule has 0 saturated heterocycles. The van der Waals surface area contributed by atoms with Gasteiger partial charge in [0, 0.05) is 19.6 Å². The van der Waals surface area contributed by atoms with Crippen LogP contribution in [0, 0.1) is 18.8 Å². The highest BCUT2D eigenvalue weighted by molar-refractivity contribution is 5.92. The van der Waals surface area contributed by atoms with Crippen molar-refractivity contribution in [1.29, 1.82) is 0 Å². The van der Waals surface area contributed by atoms with Gasteiger partial charge in [-0.25, -0.2) is 0 Å². The Kier molecular flexibility index (Phi) is 5.55. The molecule has 22 heavy (non-hydrogen) atoms. The number of nitrogens with zero attached hydrogens (tertiary/aromatic N) is 1. The number of amides is 2. The van der Waals surface area contributed by atoms with Crippen LogP contribution in [0.5, 0.6) is 0 Å². The van der Waals surface area contributed by atoms with Crippen LogP contribution < -0.4 is 10.6 Å². The van der Waals surface area contributed by atoms with Gasteiger partial charge in [-0.3, -0.25) is 9.59 Å². The van der Waals surface area contributed by atoms with Gasteiger partial charge < -0.3 is 15.5 Å². The molecule has 1 saturated carbocycles. The fraction of sp³-hybridized carbons (Fsp3) is 0.529. The largest absolute Gasteiger partial charge is 0.355 e. The van der Waals surface area contributed by atoms with Gasteiger partial charge in [-0.05, 0) is 33.0 Å². The first-order valence-electron chi connectivity index (χ1n) is 7.73. The van der Waals surface area contributed by atoms with Crippen molar-refractivity contribution >= 4 is 11.8 Å². The molecule has 1 aromatic carbocycles. The highest BCUT2D eigenvalue weighted by atomic mass is 16.2. The van der Waals surface area contributed by atoms with Crippen LogP contribution in [0.3, 0.4) is 0 Å². The Hall–Kier alpha value is -1.88. The van der Waals surface area contributed by atoms with Crippen molar-refractivity contribution in [3.05, 3.63) is 35.4 Å². The molecule has 0 bridgehead atoms. The van der Waals surface area contributed by atoms with E-state index in [-0.39, 0.29) is 23.7 Å². The van der Waals surface area contributed by atoms with Crippen LogP contribution in [0.4, 0.5) is 0 Å². The molecule has 2 amide bonds. The van der Waals surface area contributed by atoms with E-state index in [4.69, 9.17) is 0 Å². The maximum absolute atomic E-state index is 12.0. The second kappa shape index (κ2) is 7.40. The van der Waals surface area contributed by atoms with E-state index in [9.17, 15) is 9.59 Å². The van der Waals surface area contributed by atoms with E-state index in [0.717, 1.165) is 12.1 Å². The van der Waals surface area contributed by atoms with Crippen LogP contribution >= 0.6 is 0 Å². The van der Waals surface area contributed by atoms with Gasteiger partial charge in [0.05, 0.1) is 11.8 Å². The summed E-state index contributed by atoms with van der Waals surface area (Å²) in [6, 6.07) is 8.07. The fourth-order valence-electron chi connectivity index (χ4n) is 2.33. The number of benzene rings is 1. The molecule has 0 spiro atoms. The molecule has 1 aliphatic rings. The Balaban J connectivity index is 1.69. The molecule has 1 aliphatic carbocycles. The van der Waals surface area contributed by atoms with Crippen LogP contribution in [0.15, 0.2) is 24.3 Å². The summed E-state index contributed by atoms with van der Waals surface area (Å²) in [4.78, 5) is 26.0. The van der Waals surface area contributed by atoms with Crippen LogP contribution in [-0.2, 0) is 16.1 Å². The molecule has 2 unspecified atom stereocenters. The monoisotopic (exact) mass is 303 g/mol. The van der Waals surface area contributed by atoms with E-state index in [2.05, 4.69) is 10.6 Å². The normalized spacial score (nSPS) is 19.8. The fourth-order valence-corrected chi connectivity index (χ4v) is 2.33. The average molecular weight is 303 g/mol. The predicted molar refractivity (Wildman–Crippen MR) is 86.2 cm³/mol. The first-order chi connectivity index (χ1) is 10.5. The quantitative estimate of drug-likeness (QED) is 0.787. The minimum absolute atomic E-state index is 0.00247. The van der Waals surface area contributed by atoms with E-state index in [1.807, 2.05) is 50.2 Å². The molecule has 2 N–H and O–H groups in total. The lowest BCUT2D eigenvalue weighted by molar-refractivity contribution is -0.127. The zero-order valence-corrected chi connectivity index (χ0v) is 13.6. The molecular formula is C17H25N3O2. The zero-order valence-electron chi connectivity index (χ0n) is 13.6. The molecule has 5 heteroatoms. The minimum atomic E-state index is -0.162. The molecular weight excluding hydrogens is 278 g/mol. The molecule has 0 heterocycles. The number of aryl methyl sites for hydroxylation is 1. The van der Waals surface area contributed by atoms with Gasteiger partial charge in [0.25, 0.3) is 0 Å². The van der Waals surface area contributed by atoms with Crippen molar-refractivity contribution in [3.8, 4) is 0 Å². The third-order valence-electron chi connectivity index (χ3n) is 3.91. The zero-order chi connectivity index (χ0) is 16.1. The second-order valence-electron chi connectivity index (χ2n) is 6.25. The van der Waals surface area contributed by atoms with Crippen molar-refractivity contribution in [1.82, 2.24) is 15.5 Å². The predicted octanol–water partition coefficient (Wildman–Crippen LogP) is 0.925. The van der Waals surface area contributed by atoms with Gasteiger partial charge in [0.2, 0.25) is 11.8 Å². The molecule has 0 radical (unpaired) electrons. The highest BCUT2D eigenvalue weighted by Crippen LogP contribution is 2.38. The summed E-state index contributed by atoms with van der Waals surface area (Å²) in [7, 11) is 3.93. The molecule has 0 aromatic heterocycles. The third kappa shape index (κ3) is 4.84. The summed E-state index contributed by atoms with van der Waals surface area (Å²) in [6.45, 7) is 3.99. The summed E-state index contributed by atoms with van der Waals surface area (Å²) < 4.78 is 0. The SMILES string of the molecule is Cc1ccc(CNC(=O)C2CC2C(=O)NCCN(C)C)cc1. The topological polar surface area (TPSA) is 61.4 Å². The highest BCUT2D eigenvalue weighted by Gasteiger charge is 2.47. The molecule has 1 aromatic rings. The number of rotatable bonds is 7. The number of carbonyl (C=O) groups is 2. The molecule has 2 rings (SSSR count). The molecule has 5 nitrogen and oxygen atoms in total.